The van der Waals surface area contributed by atoms with Gasteiger partial charge in [-0.2, -0.15) is 0 Å². The van der Waals surface area contributed by atoms with Gasteiger partial charge in [-0.15, -0.1) is 0 Å². The maximum Gasteiger partial charge on any atom is 0.338 e. The van der Waals surface area contributed by atoms with Crippen molar-refractivity contribution in [3.63, 3.8) is 0 Å². The fraction of sp³-hybridized carbons (Fsp3) is 0.172. The number of ether oxygens (including phenoxy) is 1. The van der Waals surface area contributed by atoms with E-state index < -0.39 is 18.0 Å². The second-order valence-corrected chi connectivity index (χ2v) is 10.3. The number of carbonyl (C=O) groups excluding carboxylic acids is 1. The molecule has 0 spiro atoms. The molecule has 1 aliphatic rings. The fourth-order valence-corrected chi connectivity index (χ4v) is 5.77. The van der Waals surface area contributed by atoms with Crippen molar-refractivity contribution < 1.29 is 23.8 Å². The quantitative estimate of drug-likeness (QED) is 0.340. The number of hydrogen-bond acceptors (Lipinski definition) is 7. The second kappa shape index (κ2) is 10.5. The van der Waals surface area contributed by atoms with Crippen LogP contribution in [0.5, 0.6) is 0 Å². The van der Waals surface area contributed by atoms with E-state index in [1.165, 1.54) is 22.0 Å². The van der Waals surface area contributed by atoms with E-state index in [1.807, 2.05) is 6.92 Å². The molecule has 5 rings (SSSR count). The highest BCUT2D eigenvalue weighted by molar-refractivity contribution is 7.07. The van der Waals surface area contributed by atoms with Crippen LogP contribution in [0.15, 0.2) is 80.1 Å². The molecule has 39 heavy (non-hydrogen) atoms. The van der Waals surface area contributed by atoms with E-state index >= 15 is 0 Å². The number of nitrogens with zero attached hydrogens (tertiary/aromatic N) is 2. The van der Waals surface area contributed by atoms with Crippen molar-refractivity contribution >= 4 is 41.0 Å². The first kappa shape index (κ1) is 26.4. The average molecular weight is 563 g/mol. The Morgan fingerprint density at radius 3 is 2.67 bits per heavy atom. The number of esters is 1. The summed E-state index contributed by atoms with van der Waals surface area (Å²) in [6, 6.07) is 14.5. The van der Waals surface area contributed by atoms with Crippen LogP contribution in [-0.2, 0) is 9.53 Å². The van der Waals surface area contributed by atoms with Gasteiger partial charge in [-0.25, -0.2) is 14.6 Å². The van der Waals surface area contributed by atoms with Crippen LogP contribution >= 0.6 is 22.9 Å². The molecule has 0 saturated heterocycles. The number of halogens is 1. The zero-order valence-electron chi connectivity index (χ0n) is 21.2. The number of allylic oxidation sites excluding steroid dienone is 1. The number of fused-ring (bicyclic) bond motifs is 1. The Morgan fingerprint density at radius 1 is 1.18 bits per heavy atom. The minimum atomic E-state index is -1.03. The average Bonchev–Trinajstić information content (AvgIpc) is 3.48. The zero-order valence-corrected chi connectivity index (χ0v) is 22.8. The lowest BCUT2D eigenvalue weighted by Crippen LogP contribution is -2.40. The van der Waals surface area contributed by atoms with Crippen LogP contribution in [0.3, 0.4) is 0 Å². The van der Waals surface area contributed by atoms with E-state index in [1.54, 1.807) is 68.5 Å². The van der Waals surface area contributed by atoms with E-state index in [0.717, 1.165) is 5.56 Å². The zero-order chi connectivity index (χ0) is 27.8. The molecule has 8 nitrogen and oxygen atoms in total. The molecule has 1 N–H and O–H groups in total. The molecule has 10 heteroatoms. The normalized spacial score (nSPS) is 15.2. The molecular formula is C29H23ClN2O6S. The SMILES string of the molecule is CCOC(=O)C1=C(C)N=c2s/c(=C/c3ccc(-c4cc(C(=O)O)ccc4C)o3)c(=O)n2[C@@H]1c1ccccc1Cl. The molecule has 3 heterocycles. The third-order valence-corrected chi connectivity index (χ3v) is 7.69. The summed E-state index contributed by atoms with van der Waals surface area (Å²) in [6.07, 6.45) is 1.61. The van der Waals surface area contributed by atoms with Gasteiger partial charge in [0.1, 0.15) is 17.6 Å². The Balaban J connectivity index is 1.64. The third kappa shape index (κ3) is 4.86. The molecule has 0 saturated carbocycles. The van der Waals surface area contributed by atoms with Crippen LogP contribution in [0, 0.1) is 6.92 Å². The van der Waals surface area contributed by atoms with Gasteiger partial charge in [0.05, 0.1) is 28.0 Å². The molecule has 198 valence electrons. The molecule has 0 fully saturated rings. The summed E-state index contributed by atoms with van der Waals surface area (Å²) in [5.41, 5.74) is 2.55. The van der Waals surface area contributed by atoms with Gasteiger partial charge in [0.15, 0.2) is 4.80 Å². The van der Waals surface area contributed by atoms with Gasteiger partial charge in [0, 0.05) is 16.7 Å². The molecular weight excluding hydrogens is 540 g/mol. The number of carbonyl (C=O) groups is 2. The summed E-state index contributed by atoms with van der Waals surface area (Å²) in [6.45, 7) is 5.45. The van der Waals surface area contributed by atoms with E-state index in [4.69, 9.17) is 20.8 Å². The minimum Gasteiger partial charge on any atom is -0.478 e. The smallest absolute Gasteiger partial charge is 0.338 e. The Labute approximate surface area is 231 Å². The summed E-state index contributed by atoms with van der Waals surface area (Å²) in [7, 11) is 0. The first-order valence-electron chi connectivity index (χ1n) is 12.1. The highest BCUT2D eigenvalue weighted by atomic mass is 35.5. The van der Waals surface area contributed by atoms with Crippen molar-refractivity contribution in [2.24, 2.45) is 4.99 Å². The Hall–Kier alpha value is -4.21. The summed E-state index contributed by atoms with van der Waals surface area (Å²) < 4.78 is 13.1. The number of benzene rings is 2. The van der Waals surface area contributed by atoms with E-state index in [0.29, 0.717) is 42.7 Å². The molecule has 4 aromatic rings. The van der Waals surface area contributed by atoms with Gasteiger partial charge in [0.25, 0.3) is 5.56 Å². The lowest BCUT2D eigenvalue weighted by molar-refractivity contribution is -0.139. The van der Waals surface area contributed by atoms with E-state index in [9.17, 15) is 19.5 Å². The predicted octanol–water partition coefficient (Wildman–Crippen LogP) is 4.72. The largest absolute Gasteiger partial charge is 0.478 e. The van der Waals surface area contributed by atoms with Gasteiger partial charge in [-0.05, 0) is 62.2 Å². The minimum absolute atomic E-state index is 0.147. The number of aromatic nitrogens is 1. The molecule has 1 atom stereocenters. The molecule has 0 bridgehead atoms. The number of carboxylic acid groups (broad SMARTS) is 1. The van der Waals surface area contributed by atoms with Crippen molar-refractivity contribution in [2.45, 2.75) is 26.8 Å². The van der Waals surface area contributed by atoms with Crippen LogP contribution in [0.25, 0.3) is 17.4 Å². The maximum atomic E-state index is 13.8. The number of hydrogen-bond donors (Lipinski definition) is 1. The standard InChI is InChI=1S/C29H23ClN2O6S/c1-4-37-28(36)24-16(3)31-29-32(25(24)19-7-5-6-8-21(19)30)26(33)23(39-29)14-18-11-12-22(38-18)20-13-17(27(34)35)10-9-15(20)2/h5-14,25H,4H2,1-3H3,(H,34,35)/b23-14+/t25-/m1/s1. The number of thiazole rings is 1. The number of furan rings is 1. The molecule has 0 aliphatic carbocycles. The van der Waals surface area contributed by atoms with Crippen molar-refractivity contribution in [3.8, 4) is 11.3 Å². The lowest BCUT2D eigenvalue weighted by Gasteiger charge is -2.25. The molecule has 0 amide bonds. The highest BCUT2D eigenvalue weighted by Crippen LogP contribution is 2.34. The van der Waals surface area contributed by atoms with Crippen molar-refractivity contribution in [1.82, 2.24) is 4.57 Å². The van der Waals surface area contributed by atoms with Crippen LogP contribution in [0.2, 0.25) is 5.02 Å². The molecule has 1 aliphatic heterocycles. The summed E-state index contributed by atoms with van der Waals surface area (Å²) in [5.74, 6) is -0.711. The molecule has 2 aromatic carbocycles. The highest BCUT2D eigenvalue weighted by Gasteiger charge is 2.34. The predicted molar refractivity (Wildman–Crippen MR) is 148 cm³/mol. The van der Waals surface area contributed by atoms with Gasteiger partial charge in [0.2, 0.25) is 0 Å². The summed E-state index contributed by atoms with van der Waals surface area (Å²) in [5, 5.41) is 9.76. The monoisotopic (exact) mass is 562 g/mol. The fourth-order valence-electron chi connectivity index (χ4n) is 4.51. The Kier molecular flexibility index (Phi) is 7.12. The third-order valence-electron chi connectivity index (χ3n) is 6.37. The first-order valence-corrected chi connectivity index (χ1v) is 13.3. The Bertz CT molecular complexity index is 1850. The number of carboxylic acids is 1. The Morgan fingerprint density at radius 2 is 1.95 bits per heavy atom. The first-order chi connectivity index (χ1) is 18.7. The van der Waals surface area contributed by atoms with Crippen LogP contribution in [0.1, 0.15) is 47.1 Å². The topological polar surface area (TPSA) is 111 Å². The van der Waals surface area contributed by atoms with Crippen LogP contribution < -0.4 is 14.9 Å². The van der Waals surface area contributed by atoms with Crippen molar-refractivity contribution in [1.29, 1.82) is 0 Å². The van der Waals surface area contributed by atoms with Gasteiger partial charge < -0.3 is 14.3 Å². The maximum absolute atomic E-state index is 13.8. The summed E-state index contributed by atoms with van der Waals surface area (Å²) in [4.78, 5) is 43.2. The van der Waals surface area contributed by atoms with Crippen molar-refractivity contribution in [3.05, 3.63) is 113 Å². The van der Waals surface area contributed by atoms with E-state index in [2.05, 4.69) is 4.99 Å². The summed E-state index contributed by atoms with van der Waals surface area (Å²) >= 11 is 7.70. The number of aromatic carboxylic acids is 1. The van der Waals surface area contributed by atoms with E-state index in [-0.39, 0.29) is 23.3 Å². The molecule has 0 unspecified atom stereocenters. The van der Waals surface area contributed by atoms with Crippen LogP contribution in [-0.4, -0.2) is 28.2 Å². The number of rotatable bonds is 6. The number of aryl methyl sites for hydroxylation is 1. The van der Waals surface area contributed by atoms with Crippen LogP contribution in [0.4, 0.5) is 0 Å². The van der Waals surface area contributed by atoms with Crippen molar-refractivity contribution in [2.75, 3.05) is 6.61 Å². The lowest BCUT2D eigenvalue weighted by atomic mass is 9.96. The van der Waals surface area contributed by atoms with Gasteiger partial charge in [-0.3, -0.25) is 9.36 Å². The van der Waals surface area contributed by atoms with Gasteiger partial charge in [-0.1, -0.05) is 47.2 Å². The molecule has 0 radical (unpaired) electrons. The van der Waals surface area contributed by atoms with Gasteiger partial charge >= 0.3 is 11.9 Å². The molecule has 2 aromatic heterocycles. The second-order valence-electron chi connectivity index (χ2n) is 8.86.